The SMILES string of the molecule is CCc1nc(N2CCC3(CCCN(CC4CCCCC4)C3)C2)no1. The molecule has 1 spiro atoms. The summed E-state index contributed by atoms with van der Waals surface area (Å²) in [6.07, 6.45) is 12.1. The van der Waals surface area contributed by atoms with Crippen LogP contribution in [0.3, 0.4) is 0 Å². The van der Waals surface area contributed by atoms with Gasteiger partial charge in [-0.1, -0.05) is 26.2 Å². The van der Waals surface area contributed by atoms with E-state index in [1.165, 1.54) is 71.0 Å². The molecule has 2 aliphatic heterocycles. The molecule has 0 aromatic carbocycles. The lowest BCUT2D eigenvalue weighted by molar-refractivity contribution is 0.0838. The molecule has 0 N–H and O–H groups in total. The summed E-state index contributed by atoms with van der Waals surface area (Å²) in [5.74, 6) is 2.53. The maximum absolute atomic E-state index is 5.31. The van der Waals surface area contributed by atoms with E-state index in [0.29, 0.717) is 5.41 Å². The van der Waals surface area contributed by atoms with E-state index in [1.54, 1.807) is 0 Å². The second-order valence-electron chi connectivity index (χ2n) is 8.36. The van der Waals surface area contributed by atoms with Crippen LogP contribution in [0.1, 0.15) is 64.2 Å². The molecular formula is C19H32N4O. The average Bonchev–Trinajstić information content (AvgIpc) is 3.23. The molecule has 1 aromatic heterocycles. The van der Waals surface area contributed by atoms with Gasteiger partial charge < -0.3 is 14.3 Å². The molecule has 4 rings (SSSR count). The molecule has 5 heteroatoms. The van der Waals surface area contributed by atoms with Crippen LogP contribution in [0, 0.1) is 11.3 Å². The molecule has 134 valence electrons. The summed E-state index contributed by atoms with van der Waals surface area (Å²) in [5, 5.41) is 4.19. The highest BCUT2D eigenvalue weighted by Gasteiger charge is 2.42. The lowest BCUT2D eigenvalue weighted by Crippen LogP contribution is -2.46. The zero-order valence-electron chi connectivity index (χ0n) is 15.2. The molecule has 1 aliphatic carbocycles. The number of anilines is 1. The van der Waals surface area contributed by atoms with E-state index in [4.69, 9.17) is 4.52 Å². The van der Waals surface area contributed by atoms with Crippen LogP contribution in [0.2, 0.25) is 0 Å². The Bertz CT molecular complexity index is 539. The van der Waals surface area contributed by atoms with Crippen LogP contribution < -0.4 is 4.90 Å². The first-order valence-electron chi connectivity index (χ1n) is 10.1. The summed E-state index contributed by atoms with van der Waals surface area (Å²) in [6, 6.07) is 0. The summed E-state index contributed by atoms with van der Waals surface area (Å²) in [7, 11) is 0. The van der Waals surface area contributed by atoms with Crippen molar-refractivity contribution in [1.82, 2.24) is 15.0 Å². The van der Waals surface area contributed by atoms with Gasteiger partial charge in [-0.05, 0) is 49.7 Å². The van der Waals surface area contributed by atoms with Crippen LogP contribution in [-0.4, -0.2) is 47.8 Å². The number of likely N-dealkylation sites (tertiary alicyclic amines) is 1. The molecule has 1 unspecified atom stereocenters. The van der Waals surface area contributed by atoms with Crippen LogP contribution in [0.25, 0.3) is 0 Å². The van der Waals surface area contributed by atoms with Gasteiger partial charge >= 0.3 is 0 Å². The Labute approximate surface area is 145 Å². The van der Waals surface area contributed by atoms with E-state index < -0.39 is 0 Å². The van der Waals surface area contributed by atoms with Gasteiger partial charge in [-0.15, -0.1) is 0 Å². The van der Waals surface area contributed by atoms with Crippen molar-refractivity contribution in [1.29, 1.82) is 0 Å². The molecule has 1 atom stereocenters. The molecule has 3 heterocycles. The first kappa shape index (κ1) is 16.4. The zero-order chi connectivity index (χ0) is 16.4. The number of rotatable bonds is 4. The van der Waals surface area contributed by atoms with Crippen molar-refractivity contribution < 1.29 is 4.52 Å². The van der Waals surface area contributed by atoms with E-state index in [-0.39, 0.29) is 0 Å². The predicted molar refractivity (Wildman–Crippen MR) is 95.2 cm³/mol. The molecule has 1 saturated carbocycles. The monoisotopic (exact) mass is 332 g/mol. The highest BCUT2D eigenvalue weighted by atomic mass is 16.5. The number of aryl methyl sites for hydroxylation is 1. The molecule has 0 radical (unpaired) electrons. The van der Waals surface area contributed by atoms with Gasteiger partial charge in [0.25, 0.3) is 5.95 Å². The lowest BCUT2D eigenvalue weighted by atomic mass is 9.78. The van der Waals surface area contributed by atoms with E-state index in [1.807, 2.05) is 0 Å². The fourth-order valence-corrected chi connectivity index (χ4v) is 5.16. The van der Waals surface area contributed by atoms with Gasteiger partial charge in [-0.25, -0.2) is 0 Å². The van der Waals surface area contributed by atoms with Crippen molar-refractivity contribution >= 4 is 5.95 Å². The van der Waals surface area contributed by atoms with Crippen LogP contribution >= 0.6 is 0 Å². The van der Waals surface area contributed by atoms with Crippen molar-refractivity contribution in [2.24, 2.45) is 11.3 Å². The van der Waals surface area contributed by atoms with E-state index in [2.05, 4.69) is 26.9 Å². The fourth-order valence-electron chi connectivity index (χ4n) is 5.16. The van der Waals surface area contributed by atoms with Gasteiger partial charge in [0.05, 0.1) is 0 Å². The van der Waals surface area contributed by atoms with Crippen molar-refractivity contribution in [3.8, 4) is 0 Å². The summed E-state index contributed by atoms with van der Waals surface area (Å²) >= 11 is 0. The maximum atomic E-state index is 5.31. The molecule has 3 fully saturated rings. The minimum absolute atomic E-state index is 0.458. The summed E-state index contributed by atoms with van der Waals surface area (Å²) < 4.78 is 5.31. The highest BCUT2D eigenvalue weighted by Crippen LogP contribution is 2.40. The van der Waals surface area contributed by atoms with E-state index in [9.17, 15) is 0 Å². The largest absolute Gasteiger partial charge is 0.338 e. The Morgan fingerprint density at radius 3 is 2.75 bits per heavy atom. The third kappa shape index (κ3) is 3.46. The Hall–Kier alpha value is -1.10. The maximum Gasteiger partial charge on any atom is 0.266 e. The Morgan fingerprint density at radius 2 is 1.96 bits per heavy atom. The van der Waals surface area contributed by atoms with Gasteiger partial charge in [-0.2, -0.15) is 4.98 Å². The minimum Gasteiger partial charge on any atom is -0.338 e. The van der Waals surface area contributed by atoms with E-state index in [0.717, 1.165) is 37.3 Å². The quantitative estimate of drug-likeness (QED) is 0.844. The molecule has 5 nitrogen and oxygen atoms in total. The average molecular weight is 332 g/mol. The molecule has 24 heavy (non-hydrogen) atoms. The van der Waals surface area contributed by atoms with Crippen molar-refractivity contribution in [2.45, 2.75) is 64.7 Å². The smallest absolute Gasteiger partial charge is 0.266 e. The van der Waals surface area contributed by atoms with Crippen molar-refractivity contribution in [3.05, 3.63) is 5.89 Å². The normalized spacial score (nSPS) is 29.6. The third-order valence-electron chi connectivity index (χ3n) is 6.46. The second-order valence-corrected chi connectivity index (χ2v) is 8.36. The molecular weight excluding hydrogens is 300 g/mol. The topological polar surface area (TPSA) is 45.4 Å². The minimum atomic E-state index is 0.458. The zero-order valence-corrected chi connectivity index (χ0v) is 15.2. The lowest BCUT2D eigenvalue weighted by Gasteiger charge is -2.42. The first-order valence-corrected chi connectivity index (χ1v) is 10.1. The Morgan fingerprint density at radius 1 is 1.08 bits per heavy atom. The standard InChI is InChI=1S/C19H32N4O/c1-2-17-20-18(21-24-17)23-12-10-19(15-23)9-6-11-22(14-19)13-16-7-4-3-5-8-16/h16H,2-15H2,1H3. The molecule has 3 aliphatic rings. The van der Waals surface area contributed by atoms with Gasteiger partial charge in [-0.3, -0.25) is 0 Å². The number of hydrogen-bond acceptors (Lipinski definition) is 5. The Kier molecular flexibility index (Phi) is 4.79. The van der Waals surface area contributed by atoms with E-state index >= 15 is 0 Å². The highest BCUT2D eigenvalue weighted by molar-refractivity contribution is 5.31. The first-order chi connectivity index (χ1) is 11.8. The molecule has 0 amide bonds. The van der Waals surface area contributed by atoms with Gasteiger partial charge in [0.1, 0.15) is 0 Å². The second kappa shape index (κ2) is 7.03. The molecule has 2 saturated heterocycles. The number of nitrogens with zero attached hydrogens (tertiary/aromatic N) is 4. The van der Waals surface area contributed by atoms with Crippen LogP contribution in [0.15, 0.2) is 4.52 Å². The van der Waals surface area contributed by atoms with Crippen LogP contribution in [0.5, 0.6) is 0 Å². The predicted octanol–water partition coefficient (Wildman–Crippen LogP) is 3.50. The van der Waals surface area contributed by atoms with Crippen molar-refractivity contribution in [3.63, 3.8) is 0 Å². The fraction of sp³-hybridized carbons (Fsp3) is 0.895. The number of aromatic nitrogens is 2. The van der Waals surface area contributed by atoms with Crippen molar-refractivity contribution in [2.75, 3.05) is 37.6 Å². The van der Waals surface area contributed by atoms with Crippen LogP contribution in [-0.2, 0) is 6.42 Å². The van der Waals surface area contributed by atoms with Gasteiger partial charge in [0.15, 0.2) is 0 Å². The molecule has 1 aromatic rings. The summed E-state index contributed by atoms with van der Waals surface area (Å²) in [4.78, 5) is 9.66. The number of piperidine rings is 1. The van der Waals surface area contributed by atoms with Gasteiger partial charge in [0, 0.05) is 38.0 Å². The summed E-state index contributed by atoms with van der Waals surface area (Å²) in [5.41, 5.74) is 0.458. The third-order valence-corrected chi connectivity index (χ3v) is 6.46. The van der Waals surface area contributed by atoms with Gasteiger partial charge in [0.2, 0.25) is 5.89 Å². The Balaban J connectivity index is 1.36. The molecule has 0 bridgehead atoms. The summed E-state index contributed by atoms with van der Waals surface area (Å²) in [6.45, 7) is 8.17. The van der Waals surface area contributed by atoms with Crippen LogP contribution in [0.4, 0.5) is 5.95 Å². The number of hydrogen-bond donors (Lipinski definition) is 0.